The Balaban J connectivity index is 2.97. The molecule has 0 aliphatic carbocycles. The molecule has 0 saturated carbocycles. The second-order valence-electron chi connectivity index (χ2n) is 3.27. The molecule has 0 spiro atoms. The lowest BCUT2D eigenvalue weighted by atomic mass is 10.1. The highest BCUT2D eigenvalue weighted by atomic mass is 35.5. The zero-order valence-corrected chi connectivity index (χ0v) is 10.2. The van der Waals surface area contributed by atoms with Crippen LogP contribution >= 0.6 is 23.2 Å². The number of ether oxygens (including phenoxy) is 1. The molecule has 1 N–H and O–H groups in total. The van der Waals surface area contributed by atoms with E-state index in [1.807, 2.05) is 0 Å². The Hall–Kier alpha value is -1.52. The summed E-state index contributed by atoms with van der Waals surface area (Å²) in [4.78, 5) is 15.2. The third kappa shape index (κ3) is 2.01. The first-order chi connectivity index (χ1) is 8.04. The van der Waals surface area contributed by atoms with Crippen LogP contribution in [0.4, 0.5) is 0 Å². The maximum Gasteiger partial charge on any atom is 0.336 e. The standard InChI is InChI=1S/C11H7Cl2NO3/c1-17-7-3-2-6(12)9-5(11(15)16)4-8(13)14-10(7)9/h2-4H,1H3,(H,15,16). The summed E-state index contributed by atoms with van der Waals surface area (Å²) in [5.74, 6) is -0.691. The minimum absolute atomic E-state index is 0.00361. The number of benzene rings is 1. The lowest BCUT2D eigenvalue weighted by Crippen LogP contribution is -2.00. The highest BCUT2D eigenvalue weighted by molar-refractivity contribution is 6.37. The van der Waals surface area contributed by atoms with Crippen molar-refractivity contribution < 1.29 is 14.6 Å². The smallest absolute Gasteiger partial charge is 0.336 e. The number of nitrogens with zero attached hydrogens (tertiary/aromatic N) is 1. The van der Waals surface area contributed by atoms with Gasteiger partial charge in [-0.25, -0.2) is 9.78 Å². The third-order valence-corrected chi connectivity index (χ3v) is 2.80. The predicted molar refractivity (Wildman–Crippen MR) is 65.3 cm³/mol. The molecule has 17 heavy (non-hydrogen) atoms. The highest BCUT2D eigenvalue weighted by Crippen LogP contribution is 2.33. The molecule has 1 aromatic carbocycles. The van der Waals surface area contributed by atoms with E-state index in [9.17, 15) is 4.79 Å². The number of halogens is 2. The minimum atomic E-state index is -1.12. The van der Waals surface area contributed by atoms with Gasteiger partial charge < -0.3 is 9.84 Å². The molecule has 88 valence electrons. The molecule has 0 amide bonds. The summed E-state index contributed by atoms with van der Waals surface area (Å²) in [7, 11) is 1.46. The van der Waals surface area contributed by atoms with Gasteiger partial charge in [0.2, 0.25) is 0 Å². The van der Waals surface area contributed by atoms with E-state index < -0.39 is 5.97 Å². The average Bonchev–Trinajstić information content (AvgIpc) is 2.28. The van der Waals surface area contributed by atoms with E-state index in [2.05, 4.69) is 4.98 Å². The van der Waals surface area contributed by atoms with Crippen LogP contribution in [-0.4, -0.2) is 23.2 Å². The van der Waals surface area contributed by atoms with Crippen LogP contribution in [0.5, 0.6) is 5.75 Å². The van der Waals surface area contributed by atoms with Crippen LogP contribution in [-0.2, 0) is 0 Å². The molecule has 4 nitrogen and oxygen atoms in total. The van der Waals surface area contributed by atoms with E-state index in [1.54, 1.807) is 12.1 Å². The number of pyridine rings is 1. The number of aromatic carboxylic acids is 1. The zero-order chi connectivity index (χ0) is 12.6. The highest BCUT2D eigenvalue weighted by Gasteiger charge is 2.16. The second-order valence-corrected chi connectivity index (χ2v) is 4.07. The monoisotopic (exact) mass is 271 g/mol. The fraction of sp³-hybridized carbons (Fsp3) is 0.0909. The van der Waals surface area contributed by atoms with Crippen molar-refractivity contribution in [3.05, 3.63) is 33.9 Å². The summed E-state index contributed by atoms with van der Waals surface area (Å²) < 4.78 is 5.10. The predicted octanol–water partition coefficient (Wildman–Crippen LogP) is 3.25. The Kier molecular flexibility index (Phi) is 3.09. The maximum absolute atomic E-state index is 11.1. The Morgan fingerprint density at radius 3 is 2.71 bits per heavy atom. The molecule has 0 aliphatic heterocycles. The molecule has 0 unspecified atom stereocenters. The number of rotatable bonds is 2. The van der Waals surface area contributed by atoms with Gasteiger partial charge in [-0.15, -0.1) is 0 Å². The lowest BCUT2D eigenvalue weighted by molar-refractivity contribution is 0.0699. The van der Waals surface area contributed by atoms with Gasteiger partial charge in [-0.05, 0) is 18.2 Å². The number of carboxylic acid groups (broad SMARTS) is 1. The van der Waals surface area contributed by atoms with Gasteiger partial charge in [-0.1, -0.05) is 23.2 Å². The summed E-state index contributed by atoms with van der Waals surface area (Å²) in [5, 5.41) is 9.80. The van der Waals surface area contributed by atoms with Gasteiger partial charge in [-0.3, -0.25) is 0 Å². The van der Waals surface area contributed by atoms with Crippen molar-refractivity contribution in [2.75, 3.05) is 7.11 Å². The zero-order valence-electron chi connectivity index (χ0n) is 8.70. The van der Waals surface area contributed by atoms with E-state index in [1.165, 1.54) is 13.2 Å². The van der Waals surface area contributed by atoms with Gasteiger partial charge in [0.15, 0.2) is 0 Å². The Morgan fingerprint density at radius 1 is 1.41 bits per heavy atom. The van der Waals surface area contributed by atoms with Crippen LogP contribution in [0.1, 0.15) is 10.4 Å². The van der Waals surface area contributed by atoms with Gasteiger partial charge in [0, 0.05) is 5.39 Å². The quantitative estimate of drug-likeness (QED) is 0.852. The fourth-order valence-corrected chi connectivity index (χ4v) is 2.03. The van der Waals surface area contributed by atoms with Crippen molar-refractivity contribution >= 4 is 40.1 Å². The van der Waals surface area contributed by atoms with Gasteiger partial charge in [0.25, 0.3) is 0 Å². The second kappa shape index (κ2) is 4.39. The molecule has 6 heteroatoms. The summed E-state index contributed by atoms with van der Waals surface area (Å²) in [6.07, 6.45) is 0. The Labute approximate surface area is 107 Å². The Morgan fingerprint density at radius 2 is 2.12 bits per heavy atom. The van der Waals surface area contributed by atoms with Gasteiger partial charge in [0.1, 0.15) is 16.4 Å². The van der Waals surface area contributed by atoms with Crippen LogP contribution in [0.2, 0.25) is 10.2 Å². The first-order valence-corrected chi connectivity index (χ1v) is 5.36. The number of hydrogen-bond acceptors (Lipinski definition) is 3. The largest absolute Gasteiger partial charge is 0.494 e. The molecule has 0 radical (unpaired) electrons. The van der Waals surface area contributed by atoms with E-state index in [-0.39, 0.29) is 10.7 Å². The molecule has 2 aromatic rings. The molecular formula is C11H7Cl2NO3. The number of methoxy groups -OCH3 is 1. The fourth-order valence-electron chi connectivity index (χ4n) is 1.58. The maximum atomic E-state index is 11.1. The minimum Gasteiger partial charge on any atom is -0.494 e. The molecule has 1 aromatic heterocycles. The van der Waals surface area contributed by atoms with Crippen molar-refractivity contribution in [1.82, 2.24) is 4.98 Å². The third-order valence-electron chi connectivity index (χ3n) is 2.29. The number of fused-ring (bicyclic) bond motifs is 1. The summed E-state index contributed by atoms with van der Waals surface area (Å²) in [6, 6.07) is 4.43. The van der Waals surface area contributed by atoms with Crippen LogP contribution in [0.25, 0.3) is 10.9 Å². The first kappa shape index (κ1) is 12.0. The molecule has 1 heterocycles. The molecule has 0 aliphatic rings. The van der Waals surface area contributed by atoms with Gasteiger partial charge >= 0.3 is 5.97 Å². The van der Waals surface area contributed by atoms with Crippen molar-refractivity contribution in [2.45, 2.75) is 0 Å². The van der Waals surface area contributed by atoms with Crippen molar-refractivity contribution in [1.29, 1.82) is 0 Å². The van der Waals surface area contributed by atoms with Crippen LogP contribution < -0.4 is 4.74 Å². The average molecular weight is 272 g/mol. The molecule has 0 fully saturated rings. The first-order valence-electron chi connectivity index (χ1n) is 4.60. The molecule has 0 atom stereocenters. The molecule has 2 rings (SSSR count). The van der Waals surface area contributed by atoms with Gasteiger partial charge in [-0.2, -0.15) is 0 Å². The number of hydrogen-bond donors (Lipinski definition) is 1. The van der Waals surface area contributed by atoms with Gasteiger partial charge in [0.05, 0.1) is 17.7 Å². The van der Waals surface area contributed by atoms with Crippen molar-refractivity contribution in [2.24, 2.45) is 0 Å². The van der Waals surface area contributed by atoms with E-state index in [0.717, 1.165) is 0 Å². The summed E-state index contributed by atoms with van der Waals surface area (Å²) in [6.45, 7) is 0. The molecule has 0 bridgehead atoms. The number of carboxylic acids is 1. The number of carbonyl (C=O) groups is 1. The number of aromatic nitrogens is 1. The Bertz CT molecular complexity index is 613. The van der Waals surface area contributed by atoms with Crippen LogP contribution in [0.3, 0.4) is 0 Å². The summed E-state index contributed by atoms with van der Waals surface area (Å²) in [5.41, 5.74) is 0.341. The van der Waals surface area contributed by atoms with Crippen molar-refractivity contribution in [3.8, 4) is 5.75 Å². The van der Waals surface area contributed by atoms with Crippen LogP contribution in [0.15, 0.2) is 18.2 Å². The van der Waals surface area contributed by atoms with E-state index in [0.29, 0.717) is 21.7 Å². The molecule has 0 saturated heterocycles. The van der Waals surface area contributed by atoms with Crippen LogP contribution in [0, 0.1) is 0 Å². The van der Waals surface area contributed by atoms with Crippen molar-refractivity contribution in [3.63, 3.8) is 0 Å². The topological polar surface area (TPSA) is 59.4 Å². The molecular weight excluding hydrogens is 265 g/mol. The normalized spacial score (nSPS) is 10.5. The van der Waals surface area contributed by atoms with E-state index >= 15 is 0 Å². The summed E-state index contributed by atoms with van der Waals surface area (Å²) >= 11 is 11.8. The SMILES string of the molecule is COc1ccc(Cl)c2c(C(=O)O)cc(Cl)nc12. The lowest BCUT2D eigenvalue weighted by Gasteiger charge is -2.09. The van der Waals surface area contributed by atoms with E-state index in [4.69, 9.17) is 33.0 Å².